The standard InChI is InChI=1S/C19H24N2O2/c1-15(2)23-18-12-8-7-11-17(18)20-14-13-19(22)21(3)16-9-5-4-6-10-16/h4-12,15,20H,13-14H2,1-3H3. The van der Waals surface area contributed by atoms with Crippen molar-refractivity contribution in [2.24, 2.45) is 0 Å². The molecule has 0 radical (unpaired) electrons. The monoisotopic (exact) mass is 312 g/mol. The third-order valence-electron chi connectivity index (χ3n) is 3.42. The van der Waals surface area contributed by atoms with Gasteiger partial charge in [-0.15, -0.1) is 0 Å². The highest BCUT2D eigenvalue weighted by atomic mass is 16.5. The Hall–Kier alpha value is -2.49. The molecule has 2 aromatic rings. The molecule has 122 valence electrons. The minimum Gasteiger partial charge on any atom is -0.489 e. The number of hydrogen-bond donors (Lipinski definition) is 1. The van der Waals surface area contributed by atoms with E-state index in [4.69, 9.17) is 4.74 Å². The van der Waals surface area contributed by atoms with Crippen molar-refractivity contribution in [3.8, 4) is 5.75 Å². The lowest BCUT2D eigenvalue weighted by atomic mass is 10.2. The van der Waals surface area contributed by atoms with E-state index in [-0.39, 0.29) is 12.0 Å². The van der Waals surface area contributed by atoms with Crippen molar-refractivity contribution in [3.05, 3.63) is 54.6 Å². The van der Waals surface area contributed by atoms with Crippen LogP contribution in [-0.2, 0) is 4.79 Å². The fourth-order valence-electron chi connectivity index (χ4n) is 2.24. The van der Waals surface area contributed by atoms with Crippen LogP contribution in [-0.4, -0.2) is 25.6 Å². The van der Waals surface area contributed by atoms with E-state index in [0.29, 0.717) is 13.0 Å². The molecule has 0 unspecified atom stereocenters. The Balaban J connectivity index is 1.89. The summed E-state index contributed by atoms with van der Waals surface area (Å²) >= 11 is 0. The van der Waals surface area contributed by atoms with Gasteiger partial charge in [0.05, 0.1) is 11.8 Å². The van der Waals surface area contributed by atoms with Crippen LogP contribution in [0.4, 0.5) is 11.4 Å². The number of nitrogens with one attached hydrogen (secondary N) is 1. The maximum atomic E-state index is 12.3. The van der Waals surface area contributed by atoms with Crippen molar-refractivity contribution in [3.63, 3.8) is 0 Å². The van der Waals surface area contributed by atoms with Crippen LogP contribution in [0.5, 0.6) is 5.75 Å². The first-order chi connectivity index (χ1) is 11.1. The smallest absolute Gasteiger partial charge is 0.228 e. The number of amides is 1. The molecule has 4 heteroatoms. The fraction of sp³-hybridized carbons (Fsp3) is 0.316. The molecule has 0 bridgehead atoms. The second-order valence-electron chi connectivity index (χ2n) is 5.63. The van der Waals surface area contributed by atoms with Gasteiger partial charge in [0.2, 0.25) is 5.91 Å². The molecule has 0 aromatic heterocycles. The van der Waals surface area contributed by atoms with E-state index in [9.17, 15) is 4.79 Å². The van der Waals surface area contributed by atoms with Crippen molar-refractivity contribution in [2.75, 3.05) is 23.8 Å². The molecule has 0 aliphatic rings. The van der Waals surface area contributed by atoms with Crippen LogP contribution in [0.15, 0.2) is 54.6 Å². The van der Waals surface area contributed by atoms with Gasteiger partial charge < -0.3 is 15.0 Å². The topological polar surface area (TPSA) is 41.6 Å². The first-order valence-electron chi connectivity index (χ1n) is 7.89. The Kier molecular flexibility index (Phi) is 6.03. The number of carbonyl (C=O) groups excluding carboxylic acids is 1. The van der Waals surface area contributed by atoms with E-state index in [1.807, 2.05) is 68.4 Å². The zero-order valence-electron chi connectivity index (χ0n) is 14.0. The van der Waals surface area contributed by atoms with Crippen LogP contribution in [0.1, 0.15) is 20.3 Å². The first-order valence-corrected chi connectivity index (χ1v) is 7.89. The SMILES string of the molecule is CC(C)Oc1ccccc1NCCC(=O)N(C)c1ccccc1. The van der Waals surface area contributed by atoms with Crippen LogP contribution in [0.2, 0.25) is 0 Å². The van der Waals surface area contributed by atoms with Crippen molar-refractivity contribution >= 4 is 17.3 Å². The molecule has 1 amide bonds. The highest BCUT2D eigenvalue weighted by Gasteiger charge is 2.11. The van der Waals surface area contributed by atoms with Gasteiger partial charge in [-0.3, -0.25) is 4.79 Å². The lowest BCUT2D eigenvalue weighted by molar-refractivity contribution is -0.118. The lowest BCUT2D eigenvalue weighted by Gasteiger charge is -2.18. The van der Waals surface area contributed by atoms with E-state index >= 15 is 0 Å². The Labute approximate surface area is 138 Å². The zero-order chi connectivity index (χ0) is 16.7. The number of nitrogens with zero attached hydrogens (tertiary/aromatic N) is 1. The van der Waals surface area contributed by atoms with Gasteiger partial charge in [-0.2, -0.15) is 0 Å². The van der Waals surface area contributed by atoms with Gasteiger partial charge in [-0.05, 0) is 38.1 Å². The maximum Gasteiger partial charge on any atom is 0.228 e. The molecule has 0 aliphatic heterocycles. The molecule has 0 fully saturated rings. The summed E-state index contributed by atoms with van der Waals surface area (Å²) in [7, 11) is 1.80. The van der Waals surface area contributed by atoms with Crippen LogP contribution < -0.4 is 15.0 Å². The van der Waals surface area contributed by atoms with Crippen LogP contribution in [0.3, 0.4) is 0 Å². The molecule has 0 atom stereocenters. The lowest BCUT2D eigenvalue weighted by Crippen LogP contribution is -2.27. The quantitative estimate of drug-likeness (QED) is 0.842. The second-order valence-corrected chi connectivity index (χ2v) is 5.63. The van der Waals surface area contributed by atoms with Gasteiger partial charge in [-0.25, -0.2) is 0 Å². The third-order valence-corrected chi connectivity index (χ3v) is 3.42. The van der Waals surface area contributed by atoms with E-state index in [1.165, 1.54) is 0 Å². The summed E-state index contributed by atoms with van der Waals surface area (Å²) in [6.45, 7) is 4.55. The Morgan fingerprint density at radius 2 is 1.74 bits per heavy atom. The molecule has 2 aromatic carbocycles. The molecule has 23 heavy (non-hydrogen) atoms. The van der Waals surface area contributed by atoms with Crippen molar-refractivity contribution < 1.29 is 9.53 Å². The maximum absolute atomic E-state index is 12.3. The first kappa shape index (κ1) is 16.9. The Morgan fingerprint density at radius 3 is 2.43 bits per heavy atom. The van der Waals surface area contributed by atoms with Crippen LogP contribution in [0, 0.1) is 0 Å². The predicted molar refractivity (Wildman–Crippen MR) is 95.2 cm³/mol. The van der Waals surface area contributed by atoms with Crippen LogP contribution in [0.25, 0.3) is 0 Å². The van der Waals surface area contributed by atoms with Gasteiger partial charge in [0.1, 0.15) is 5.75 Å². The summed E-state index contributed by atoms with van der Waals surface area (Å²) in [5.74, 6) is 0.886. The van der Waals surface area contributed by atoms with Gasteiger partial charge in [-0.1, -0.05) is 30.3 Å². The van der Waals surface area contributed by atoms with E-state index < -0.39 is 0 Å². The molecule has 1 N–H and O–H groups in total. The third kappa shape index (κ3) is 5.02. The average Bonchev–Trinajstić information content (AvgIpc) is 2.56. The minimum absolute atomic E-state index is 0.0750. The Bertz CT molecular complexity index is 626. The predicted octanol–water partition coefficient (Wildman–Crippen LogP) is 3.94. The van der Waals surface area contributed by atoms with Gasteiger partial charge in [0, 0.05) is 25.7 Å². The zero-order valence-corrected chi connectivity index (χ0v) is 14.0. The molecule has 0 saturated heterocycles. The van der Waals surface area contributed by atoms with Crippen molar-refractivity contribution in [1.82, 2.24) is 0 Å². The largest absolute Gasteiger partial charge is 0.489 e. The summed E-state index contributed by atoms with van der Waals surface area (Å²) in [4.78, 5) is 13.9. The minimum atomic E-state index is 0.0750. The molecular formula is C19H24N2O2. The van der Waals surface area contributed by atoms with E-state index in [2.05, 4.69) is 5.32 Å². The summed E-state index contributed by atoms with van der Waals surface area (Å²) in [6.07, 6.45) is 0.533. The molecule has 0 aliphatic carbocycles. The van der Waals surface area contributed by atoms with E-state index in [1.54, 1.807) is 11.9 Å². The number of ether oxygens (including phenoxy) is 1. The Morgan fingerprint density at radius 1 is 1.09 bits per heavy atom. The number of hydrogen-bond acceptors (Lipinski definition) is 3. The molecule has 0 heterocycles. The van der Waals surface area contributed by atoms with Crippen LogP contribution >= 0.6 is 0 Å². The molecule has 4 nitrogen and oxygen atoms in total. The normalized spacial score (nSPS) is 10.4. The summed E-state index contributed by atoms with van der Waals surface area (Å²) in [5, 5.41) is 3.28. The molecular weight excluding hydrogens is 288 g/mol. The van der Waals surface area contributed by atoms with E-state index in [0.717, 1.165) is 17.1 Å². The van der Waals surface area contributed by atoms with Crippen molar-refractivity contribution in [2.45, 2.75) is 26.4 Å². The number of benzene rings is 2. The molecule has 0 spiro atoms. The summed E-state index contributed by atoms with van der Waals surface area (Å²) < 4.78 is 5.76. The molecule has 2 rings (SSSR count). The van der Waals surface area contributed by atoms with Gasteiger partial charge in [0.15, 0.2) is 0 Å². The number of rotatable bonds is 7. The second kappa shape index (κ2) is 8.22. The fourth-order valence-corrected chi connectivity index (χ4v) is 2.24. The van der Waals surface area contributed by atoms with Gasteiger partial charge >= 0.3 is 0 Å². The number of anilines is 2. The number of carbonyl (C=O) groups is 1. The average molecular weight is 312 g/mol. The highest BCUT2D eigenvalue weighted by Crippen LogP contribution is 2.24. The molecule has 0 saturated carbocycles. The number of para-hydroxylation sites is 3. The van der Waals surface area contributed by atoms with Gasteiger partial charge in [0.25, 0.3) is 0 Å². The highest BCUT2D eigenvalue weighted by molar-refractivity contribution is 5.93. The summed E-state index contributed by atoms with van der Waals surface area (Å²) in [5.41, 5.74) is 1.82. The van der Waals surface area contributed by atoms with Crippen molar-refractivity contribution in [1.29, 1.82) is 0 Å². The summed E-state index contributed by atoms with van der Waals surface area (Å²) in [6, 6.07) is 17.4.